The molecule has 0 aromatic carbocycles. The molecule has 164 valence electrons. The van der Waals surface area contributed by atoms with Crippen LogP contribution < -0.4 is 10.6 Å². The monoisotopic (exact) mass is 446 g/mol. The van der Waals surface area contributed by atoms with Crippen molar-refractivity contribution in [1.82, 2.24) is 39.9 Å². The van der Waals surface area contributed by atoms with Crippen molar-refractivity contribution in [3.63, 3.8) is 0 Å². The van der Waals surface area contributed by atoms with Gasteiger partial charge in [-0.2, -0.15) is 0 Å². The fourth-order valence-corrected chi connectivity index (χ4v) is 3.03. The maximum atomic E-state index is 4.38. The molecule has 34 heavy (non-hydrogen) atoms. The summed E-state index contributed by atoms with van der Waals surface area (Å²) < 4.78 is 0. The SMILES string of the molecule is c1cnc2nc(Nc3cnccn3)ccc2c1.c1cnc2nc(Nc3cnccn3)ccc2c1. The molecule has 0 aliphatic rings. The van der Waals surface area contributed by atoms with Gasteiger partial charge in [-0.05, 0) is 48.5 Å². The van der Waals surface area contributed by atoms with E-state index in [0.29, 0.717) is 34.6 Å². The molecule has 2 N–H and O–H groups in total. The first-order valence-corrected chi connectivity index (χ1v) is 10.3. The first-order chi connectivity index (χ1) is 16.8. The van der Waals surface area contributed by atoms with E-state index in [1.54, 1.807) is 49.6 Å². The molecule has 0 amide bonds. The number of anilines is 4. The first kappa shape index (κ1) is 20.8. The Balaban J connectivity index is 0.000000142. The smallest absolute Gasteiger partial charge is 0.161 e. The topological polar surface area (TPSA) is 127 Å². The molecule has 0 saturated carbocycles. The number of pyridine rings is 4. The van der Waals surface area contributed by atoms with Crippen LogP contribution in [0.15, 0.2) is 98.1 Å². The van der Waals surface area contributed by atoms with E-state index < -0.39 is 0 Å². The molecule has 6 rings (SSSR count). The number of nitrogens with one attached hydrogen (secondary N) is 2. The Morgan fingerprint density at radius 2 is 0.941 bits per heavy atom. The van der Waals surface area contributed by atoms with Gasteiger partial charge in [-0.1, -0.05) is 0 Å². The van der Waals surface area contributed by atoms with Crippen LogP contribution in [0.3, 0.4) is 0 Å². The molecule has 0 bridgehead atoms. The molecule has 6 heterocycles. The minimum absolute atomic E-state index is 0.662. The van der Waals surface area contributed by atoms with Crippen molar-refractivity contribution in [2.45, 2.75) is 0 Å². The van der Waals surface area contributed by atoms with Crippen LogP contribution in [0.25, 0.3) is 22.1 Å². The lowest BCUT2D eigenvalue weighted by molar-refractivity contribution is 1.18. The van der Waals surface area contributed by atoms with Crippen molar-refractivity contribution in [1.29, 1.82) is 0 Å². The van der Waals surface area contributed by atoms with Gasteiger partial charge in [0.2, 0.25) is 0 Å². The highest BCUT2D eigenvalue weighted by molar-refractivity contribution is 5.77. The molecule has 0 aliphatic heterocycles. The zero-order chi connectivity index (χ0) is 23.0. The first-order valence-electron chi connectivity index (χ1n) is 10.3. The second-order valence-corrected chi connectivity index (χ2v) is 6.92. The van der Waals surface area contributed by atoms with E-state index in [1.165, 1.54) is 0 Å². The maximum Gasteiger partial charge on any atom is 0.161 e. The van der Waals surface area contributed by atoms with Gasteiger partial charge in [0.25, 0.3) is 0 Å². The van der Waals surface area contributed by atoms with Gasteiger partial charge in [0.15, 0.2) is 11.3 Å². The average Bonchev–Trinajstić information content (AvgIpc) is 2.90. The van der Waals surface area contributed by atoms with Crippen LogP contribution >= 0.6 is 0 Å². The lowest BCUT2D eigenvalue weighted by Gasteiger charge is -2.04. The van der Waals surface area contributed by atoms with Crippen LogP contribution in [0, 0.1) is 0 Å². The number of aromatic nitrogens is 8. The zero-order valence-corrected chi connectivity index (χ0v) is 17.8. The minimum Gasteiger partial charge on any atom is -0.324 e. The van der Waals surface area contributed by atoms with Crippen LogP contribution in [0.2, 0.25) is 0 Å². The lowest BCUT2D eigenvalue weighted by atomic mass is 10.3. The van der Waals surface area contributed by atoms with E-state index >= 15 is 0 Å². The summed E-state index contributed by atoms with van der Waals surface area (Å²) in [4.78, 5) is 33.3. The van der Waals surface area contributed by atoms with Gasteiger partial charge in [-0.3, -0.25) is 9.97 Å². The largest absolute Gasteiger partial charge is 0.324 e. The Hall–Kier alpha value is -5.12. The van der Waals surface area contributed by atoms with E-state index in [2.05, 4.69) is 50.5 Å². The molecule has 0 saturated heterocycles. The Labute approximate surface area is 194 Å². The molecule has 6 aromatic rings. The highest BCUT2D eigenvalue weighted by Crippen LogP contribution is 2.16. The lowest BCUT2D eigenvalue weighted by Crippen LogP contribution is -1.96. The second-order valence-electron chi connectivity index (χ2n) is 6.92. The summed E-state index contributed by atoms with van der Waals surface area (Å²) in [5.74, 6) is 2.74. The molecule has 0 spiro atoms. The van der Waals surface area contributed by atoms with Crippen molar-refractivity contribution in [2.75, 3.05) is 10.6 Å². The van der Waals surface area contributed by atoms with E-state index in [4.69, 9.17) is 0 Å². The zero-order valence-electron chi connectivity index (χ0n) is 17.8. The number of nitrogens with zero attached hydrogens (tertiary/aromatic N) is 8. The van der Waals surface area contributed by atoms with Gasteiger partial charge >= 0.3 is 0 Å². The van der Waals surface area contributed by atoms with Crippen molar-refractivity contribution in [3.05, 3.63) is 98.1 Å². The normalized spacial score (nSPS) is 10.4. The van der Waals surface area contributed by atoms with Crippen molar-refractivity contribution in [2.24, 2.45) is 0 Å². The van der Waals surface area contributed by atoms with Crippen LogP contribution in [0.1, 0.15) is 0 Å². The summed E-state index contributed by atoms with van der Waals surface area (Å²) in [6.07, 6.45) is 13.2. The predicted octanol–water partition coefficient (Wildman–Crippen LogP) is 4.33. The summed E-state index contributed by atoms with van der Waals surface area (Å²) in [7, 11) is 0. The molecule has 0 unspecified atom stereocenters. The van der Waals surface area contributed by atoms with Crippen molar-refractivity contribution in [3.8, 4) is 0 Å². The number of fused-ring (bicyclic) bond motifs is 2. The molecule has 10 heteroatoms. The number of rotatable bonds is 4. The molecule has 6 aromatic heterocycles. The minimum atomic E-state index is 0.662. The number of hydrogen-bond donors (Lipinski definition) is 2. The van der Waals surface area contributed by atoms with E-state index in [1.807, 2.05) is 48.5 Å². The molecular formula is C24H18N10. The average molecular weight is 446 g/mol. The molecular weight excluding hydrogens is 428 g/mol. The van der Waals surface area contributed by atoms with Gasteiger partial charge in [0.1, 0.15) is 23.3 Å². The fraction of sp³-hybridized carbons (Fsp3) is 0. The summed E-state index contributed by atoms with van der Waals surface area (Å²) in [5.41, 5.74) is 1.42. The summed E-state index contributed by atoms with van der Waals surface area (Å²) >= 11 is 0. The molecule has 0 radical (unpaired) electrons. The fourth-order valence-electron chi connectivity index (χ4n) is 3.03. The molecule has 0 fully saturated rings. The summed E-state index contributed by atoms with van der Waals surface area (Å²) in [6, 6.07) is 15.4. The van der Waals surface area contributed by atoms with Crippen LogP contribution in [0.4, 0.5) is 23.3 Å². The van der Waals surface area contributed by atoms with Gasteiger partial charge in [0.05, 0.1) is 12.4 Å². The third-order valence-electron chi connectivity index (χ3n) is 4.57. The Morgan fingerprint density at radius 3 is 1.38 bits per heavy atom. The molecule has 0 atom stereocenters. The van der Waals surface area contributed by atoms with E-state index in [0.717, 1.165) is 10.8 Å². The highest BCUT2D eigenvalue weighted by Gasteiger charge is 2.01. The van der Waals surface area contributed by atoms with Crippen LogP contribution in [-0.2, 0) is 0 Å². The Kier molecular flexibility index (Phi) is 6.11. The second kappa shape index (κ2) is 10.0. The van der Waals surface area contributed by atoms with Gasteiger partial charge in [0, 0.05) is 48.0 Å². The Bertz CT molecular complexity index is 1390. The van der Waals surface area contributed by atoms with Gasteiger partial charge in [-0.25, -0.2) is 29.9 Å². The summed E-state index contributed by atoms with van der Waals surface area (Å²) in [5, 5.41) is 8.17. The summed E-state index contributed by atoms with van der Waals surface area (Å²) in [6.45, 7) is 0. The number of hydrogen-bond acceptors (Lipinski definition) is 10. The highest BCUT2D eigenvalue weighted by atomic mass is 15.1. The Morgan fingerprint density at radius 1 is 0.441 bits per heavy atom. The third-order valence-corrected chi connectivity index (χ3v) is 4.57. The molecule has 0 aliphatic carbocycles. The van der Waals surface area contributed by atoms with E-state index in [9.17, 15) is 0 Å². The van der Waals surface area contributed by atoms with Crippen molar-refractivity contribution >= 4 is 45.3 Å². The molecule has 10 nitrogen and oxygen atoms in total. The standard InChI is InChI=1S/2C12H9N5/c2*1-2-9-3-4-10(17-12(9)15-5-1)16-11-8-13-6-7-14-11/h2*1-8H,(H,14,15,16,17). The predicted molar refractivity (Wildman–Crippen MR) is 130 cm³/mol. The quantitative estimate of drug-likeness (QED) is 0.404. The van der Waals surface area contributed by atoms with Crippen LogP contribution in [0.5, 0.6) is 0 Å². The van der Waals surface area contributed by atoms with E-state index in [-0.39, 0.29) is 0 Å². The van der Waals surface area contributed by atoms with Crippen molar-refractivity contribution < 1.29 is 0 Å². The van der Waals surface area contributed by atoms with Gasteiger partial charge in [-0.15, -0.1) is 0 Å². The third kappa shape index (κ3) is 5.19. The maximum absolute atomic E-state index is 4.38. The van der Waals surface area contributed by atoms with Gasteiger partial charge < -0.3 is 10.6 Å². The van der Waals surface area contributed by atoms with Crippen LogP contribution in [-0.4, -0.2) is 39.9 Å².